The zero-order valence-corrected chi connectivity index (χ0v) is 13.2. The van der Waals surface area contributed by atoms with Gasteiger partial charge in [-0.05, 0) is 56.5 Å². The Morgan fingerprint density at radius 2 is 2.05 bits per heavy atom. The van der Waals surface area contributed by atoms with E-state index < -0.39 is 0 Å². The minimum absolute atomic E-state index is 0.443. The summed E-state index contributed by atoms with van der Waals surface area (Å²) in [4.78, 5) is 2.80. The zero-order chi connectivity index (χ0) is 13.8. The number of thiophene rings is 1. The van der Waals surface area contributed by atoms with Gasteiger partial charge in [0, 0.05) is 27.4 Å². The lowest BCUT2D eigenvalue weighted by atomic mass is 10.1. The average molecular weight is 294 g/mol. The second kappa shape index (κ2) is 6.56. The van der Waals surface area contributed by atoms with Crippen molar-refractivity contribution >= 4 is 22.9 Å². The van der Waals surface area contributed by atoms with Crippen LogP contribution in [0.5, 0.6) is 0 Å². The van der Waals surface area contributed by atoms with Gasteiger partial charge in [-0.2, -0.15) is 0 Å². The van der Waals surface area contributed by atoms with Crippen LogP contribution in [0.1, 0.15) is 27.8 Å². The van der Waals surface area contributed by atoms with Gasteiger partial charge in [-0.25, -0.2) is 0 Å². The fourth-order valence-electron chi connectivity index (χ4n) is 2.23. The molecule has 0 amide bonds. The summed E-state index contributed by atoms with van der Waals surface area (Å²) in [6.45, 7) is 7.51. The molecule has 0 aliphatic carbocycles. The van der Waals surface area contributed by atoms with Gasteiger partial charge in [0.25, 0.3) is 0 Å². The predicted octanol–water partition coefficient (Wildman–Crippen LogP) is 4.74. The standard InChI is InChI=1S/C16H20ClNS/c1-11(7-14-5-4-6-16(17)9-14)18-10-15-8-12(2)19-13(15)3/h4-6,8-9,11,18H,7,10H2,1-3H3. The molecule has 1 atom stereocenters. The average Bonchev–Trinajstić information content (AvgIpc) is 2.65. The Morgan fingerprint density at radius 1 is 1.26 bits per heavy atom. The first kappa shape index (κ1) is 14.6. The maximum atomic E-state index is 6.01. The second-order valence-electron chi connectivity index (χ2n) is 5.05. The van der Waals surface area contributed by atoms with Crippen molar-refractivity contribution in [1.82, 2.24) is 5.32 Å². The van der Waals surface area contributed by atoms with E-state index in [1.165, 1.54) is 20.9 Å². The lowest BCUT2D eigenvalue weighted by Gasteiger charge is -2.14. The Morgan fingerprint density at radius 3 is 2.68 bits per heavy atom. The van der Waals surface area contributed by atoms with E-state index in [4.69, 9.17) is 11.6 Å². The molecule has 0 spiro atoms. The quantitative estimate of drug-likeness (QED) is 0.839. The summed E-state index contributed by atoms with van der Waals surface area (Å²) >= 11 is 7.88. The lowest BCUT2D eigenvalue weighted by Crippen LogP contribution is -2.27. The summed E-state index contributed by atoms with van der Waals surface area (Å²) in [5.41, 5.74) is 2.70. The fourth-order valence-corrected chi connectivity index (χ4v) is 3.39. The van der Waals surface area contributed by atoms with Gasteiger partial charge >= 0.3 is 0 Å². The summed E-state index contributed by atoms with van der Waals surface area (Å²) in [5.74, 6) is 0. The molecule has 2 aromatic rings. The fraction of sp³-hybridized carbons (Fsp3) is 0.375. The van der Waals surface area contributed by atoms with E-state index in [2.05, 4.69) is 38.2 Å². The lowest BCUT2D eigenvalue weighted by molar-refractivity contribution is 0.545. The molecule has 1 nitrogen and oxygen atoms in total. The predicted molar refractivity (Wildman–Crippen MR) is 85.3 cm³/mol. The van der Waals surface area contributed by atoms with E-state index in [1.54, 1.807) is 0 Å². The first-order valence-corrected chi connectivity index (χ1v) is 7.78. The molecule has 1 N–H and O–H groups in total. The van der Waals surface area contributed by atoms with Gasteiger partial charge in [-0.15, -0.1) is 11.3 Å². The zero-order valence-electron chi connectivity index (χ0n) is 11.7. The van der Waals surface area contributed by atoms with Crippen molar-refractivity contribution in [3.05, 3.63) is 56.2 Å². The van der Waals surface area contributed by atoms with E-state index in [9.17, 15) is 0 Å². The largest absolute Gasteiger partial charge is 0.310 e. The van der Waals surface area contributed by atoms with Crippen LogP contribution in [0.4, 0.5) is 0 Å². The molecule has 1 heterocycles. The van der Waals surface area contributed by atoms with Crippen LogP contribution in [0.2, 0.25) is 5.02 Å². The van der Waals surface area contributed by atoms with Gasteiger partial charge in [0.1, 0.15) is 0 Å². The maximum Gasteiger partial charge on any atom is 0.0408 e. The van der Waals surface area contributed by atoms with Crippen molar-refractivity contribution < 1.29 is 0 Å². The Labute approximate surface area is 124 Å². The number of benzene rings is 1. The highest BCUT2D eigenvalue weighted by atomic mass is 35.5. The van der Waals surface area contributed by atoms with E-state index in [0.29, 0.717) is 6.04 Å². The van der Waals surface area contributed by atoms with Crippen molar-refractivity contribution in [3.8, 4) is 0 Å². The number of hydrogen-bond acceptors (Lipinski definition) is 2. The van der Waals surface area contributed by atoms with Crippen LogP contribution in [-0.4, -0.2) is 6.04 Å². The van der Waals surface area contributed by atoms with Gasteiger partial charge in [-0.1, -0.05) is 23.7 Å². The molecule has 1 aromatic heterocycles. The monoisotopic (exact) mass is 293 g/mol. The third-order valence-corrected chi connectivity index (χ3v) is 4.46. The summed E-state index contributed by atoms with van der Waals surface area (Å²) in [7, 11) is 0. The molecule has 0 fully saturated rings. The molecule has 1 unspecified atom stereocenters. The van der Waals surface area contributed by atoms with Gasteiger partial charge in [0.15, 0.2) is 0 Å². The normalized spacial score (nSPS) is 12.6. The molecule has 3 heteroatoms. The SMILES string of the molecule is Cc1cc(CNC(C)Cc2cccc(Cl)c2)c(C)s1. The van der Waals surface area contributed by atoms with E-state index in [1.807, 2.05) is 29.5 Å². The molecule has 0 saturated heterocycles. The van der Waals surface area contributed by atoms with E-state index >= 15 is 0 Å². The highest BCUT2D eigenvalue weighted by Gasteiger charge is 2.06. The van der Waals surface area contributed by atoms with Crippen LogP contribution in [0, 0.1) is 13.8 Å². The van der Waals surface area contributed by atoms with Crippen LogP contribution < -0.4 is 5.32 Å². The van der Waals surface area contributed by atoms with Gasteiger partial charge < -0.3 is 5.32 Å². The van der Waals surface area contributed by atoms with E-state index in [-0.39, 0.29) is 0 Å². The molecule has 19 heavy (non-hydrogen) atoms. The number of nitrogens with one attached hydrogen (secondary N) is 1. The molecular weight excluding hydrogens is 274 g/mol. The molecule has 0 saturated carbocycles. The number of aryl methyl sites for hydroxylation is 2. The minimum Gasteiger partial charge on any atom is -0.310 e. The third kappa shape index (κ3) is 4.34. The first-order chi connectivity index (χ1) is 9.04. The Bertz CT molecular complexity index is 547. The molecule has 0 radical (unpaired) electrons. The van der Waals surface area contributed by atoms with Gasteiger partial charge in [-0.3, -0.25) is 0 Å². The molecule has 0 aliphatic rings. The van der Waals surface area contributed by atoms with Crippen molar-refractivity contribution in [3.63, 3.8) is 0 Å². The van der Waals surface area contributed by atoms with Gasteiger partial charge in [0.05, 0.1) is 0 Å². The molecule has 0 aliphatic heterocycles. The summed E-state index contributed by atoms with van der Waals surface area (Å²) in [6, 6.07) is 10.8. The summed E-state index contributed by atoms with van der Waals surface area (Å²) in [6.07, 6.45) is 1.00. The first-order valence-electron chi connectivity index (χ1n) is 6.58. The minimum atomic E-state index is 0.443. The maximum absolute atomic E-state index is 6.01. The molecular formula is C16H20ClNS. The van der Waals surface area contributed by atoms with Crippen LogP contribution in [0.15, 0.2) is 30.3 Å². The molecule has 1 aromatic carbocycles. The van der Waals surface area contributed by atoms with Crippen molar-refractivity contribution in [2.75, 3.05) is 0 Å². The Balaban J connectivity index is 1.88. The summed E-state index contributed by atoms with van der Waals surface area (Å²) < 4.78 is 0. The molecule has 102 valence electrons. The van der Waals surface area contributed by atoms with Gasteiger partial charge in [0.2, 0.25) is 0 Å². The third-order valence-electron chi connectivity index (χ3n) is 3.22. The van der Waals surface area contributed by atoms with Crippen LogP contribution in [-0.2, 0) is 13.0 Å². The van der Waals surface area contributed by atoms with Crippen LogP contribution in [0.25, 0.3) is 0 Å². The van der Waals surface area contributed by atoms with Crippen LogP contribution >= 0.6 is 22.9 Å². The van der Waals surface area contributed by atoms with E-state index in [0.717, 1.165) is 18.0 Å². The van der Waals surface area contributed by atoms with Crippen molar-refractivity contribution in [1.29, 1.82) is 0 Å². The highest BCUT2D eigenvalue weighted by Crippen LogP contribution is 2.20. The topological polar surface area (TPSA) is 12.0 Å². The number of rotatable bonds is 5. The Kier molecular flexibility index (Phi) is 5.03. The van der Waals surface area contributed by atoms with Crippen molar-refractivity contribution in [2.45, 2.75) is 39.8 Å². The number of halogens is 1. The smallest absolute Gasteiger partial charge is 0.0408 e. The highest BCUT2D eigenvalue weighted by molar-refractivity contribution is 7.12. The summed E-state index contributed by atoms with van der Waals surface area (Å²) in [5, 5.41) is 4.40. The number of hydrogen-bond donors (Lipinski definition) is 1. The second-order valence-corrected chi connectivity index (χ2v) is 6.95. The molecule has 0 bridgehead atoms. The van der Waals surface area contributed by atoms with Crippen LogP contribution in [0.3, 0.4) is 0 Å². The van der Waals surface area contributed by atoms with Crippen molar-refractivity contribution in [2.24, 2.45) is 0 Å². The Hall–Kier alpha value is -0.830. The molecule has 2 rings (SSSR count).